The van der Waals surface area contributed by atoms with E-state index in [2.05, 4.69) is 34.7 Å². The number of nitrogens with zero attached hydrogens (tertiary/aromatic N) is 2. The van der Waals surface area contributed by atoms with Crippen molar-refractivity contribution in [2.75, 3.05) is 11.9 Å². The third-order valence-electron chi connectivity index (χ3n) is 5.41. The fraction of sp³-hybridized carbons (Fsp3) is 0.400. The minimum Gasteiger partial charge on any atom is -0.323 e. The van der Waals surface area contributed by atoms with Crippen LogP contribution in [0, 0.1) is 5.92 Å². The van der Waals surface area contributed by atoms with Crippen LogP contribution in [-0.4, -0.2) is 39.8 Å². The Morgan fingerprint density at radius 1 is 1.32 bits per heavy atom. The second-order valence-electron chi connectivity index (χ2n) is 7.43. The summed E-state index contributed by atoms with van der Waals surface area (Å²) in [6.07, 6.45) is 2.81. The van der Waals surface area contributed by atoms with E-state index in [-0.39, 0.29) is 18.4 Å². The van der Waals surface area contributed by atoms with Crippen molar-refractivity contribution in [1.29, 1.82) is 0 Å². The van der Waals surface area contributed by atoms with Crippen molar-refractivity contribution in [3.05, 3.63) is 35.2 Å². The van der Waals surface area contributed by atoms with Crippen molar-refractivity contribution in [2.45, 2.75) is 38.6 Å². The number of amides is 4. The van der Waals surface area contributed by atoms with Crippen molar-refractivity contribution in [2.24, 2.45) is 5.92 Å². The first-order valence-corrected chi connectivity index (χ1v) is 10.3. The Morgan fingerprint density at radius 3 is 2.68 bits per heavy atom. The van der Waals surface area contributed by atoms with Crippen LogP contribution in [0.3, 0.4) is 0 Å². The maximum Gasteiger partial charge on any atom is 0.325 e. The Labute approximate surface area is 167 Å². The summed E-state index contributed by atoms with van der Waals surface area (Å²) in [6, 6.07) is 7.62. The molecule has 1 aromatic heterocycles. The van der Waals surface area contributed by atoms with Crippen molar-refractivity contribution < 1.29 is 14.4 Å². The van der Waals surface area contributed by atoms with E-state index in [1.807, 2.05) is 17.5 Å². The van der Waals surface area contributed by atoms with E-state index in [4.69, 9.17) is 0 Å². The lowest BCUT2D eigenvalue weighted by molar-refractivity contribution is -0.134. The van der Waals surface area contributed by atoms with Gasteiger partial charge in [-0.1, -0.05) is 31.2 Å². The Balaban J connectivity index is 1.39. The van der Waals surface area contributed by atoms with Gasteiger partial charge in [-0.3, -0.25) is 14.5 Å². The smallest absolute Gasteiger partial charge is 0.323 e. The average molecular weight is 398 g/mol. The van der Waals surface area contributed by atoms with Crippen LogP contribution in [-0.2, 0) is 16.0 Å². The lowest BCUT2D eigenvalue weighted by Gasteiger charge is -2.20. The van der Waals surface area contributed by atoms with Crippen molar-refractivity contribution in [3.63, 3.8) is 0 Å². The van der Waals surface area contributed by atoms with E-state index in [1.165, 1.54) is 16.9 Å². The summed E-state index contributed by atoms with van der Waals surface area (Å²) < 4.78 is 0. The molecule has 1 unspecified atom stereocenters. The topological polar surface area (TPSA) is 91.4 Å². The number of benzene rings is 1. The molecule has 4 amide bonds. The summed E-state index contributed by atoms with van der Waals surface area (Å²) >= 11 is 1.31. The monoisotopic (exact) mass is 398 g/mol. The van der Waals surface area contributed by atoms with Crippen LogP contribution in [0.2, 0.25) is 0 Å². The zero-order chi connectivity index (χ0) is 19.9. The molecule has 1 aromatic carbocycles. The number of imide groups is 1. The maximum absolute atomic E-state index is 12.6. The molecule has 0 spiro atoms. The highest BCUT2D eigenvalue weighted by Crippen LogP contribution is 2.42. The number of urea groups is 1. The fourth-order valence-electron chi connectivity index (χ4n) is 3.47. The van der Waals surface area contributed by atoms with Gasteiger partial charge in [0.1, 0.15) is 12.1 Å². The number of hydrogen-bond acceptors (Lipinski definition) is 5. The summed E-state index contributed by atoms with van der Waals surface area (Å²) in [5.74, 6) is -0.602. The van der Waals surface area contributed by atoms with Gasteiger partial charge in [0, 0.05) is 10.9 Å². The average Bonchev–Trinajstić information content (AvgIpc) is 3.41. The number of carbonyl (C=O) groups excluding carboxylic acids is 3. The van der Waals surface area contributed by atoms with Gasteiger partial charge in [-0.2, -0.15) is 0 Å². The van der Waals surface area contributed by atoms with Crippen molar-refractivity contribution in [3.8, 4) is 11.3 Å². The number of thiazole rings is 1. The molecule has 2 N–H and O–H groups in total. The molecule has 0 radical (unpaired) electrons. The normalized spacial score (nSPS) is 21.7. The molecule has 1 aliphatic heterocycles. The van der Waals surface area contributed by atoms with Gasteiger partial charge in [-0.05, 0) is 37.7 Å². The van der Waals surface area contributed by atoms with Crippen molar-refractivity contribution >= 4 is 34.3 Å². The molecule has 8 heteroatoms. The van der Waals surface area contributed by atoms with Crippen LogP contribution in [0.25, 0.3) is 11.3 Å². The summed E-state index contributed by atoms with van der Waals surface area (Å²) in [7, 11) is 0. The minimum atomic E-state index is -0.879. The third-order valence-corrected chi connectivity index (χ3v) is 6.16. The van der Waals surface area contributed by atoms with Crippen molar-refractivity contribution in [1.82, 2.24) is 15.2 Å². The Morgan fingerprint density at radius 2 is 2.04 bits per heavy atom. The summed E-state index contributed by atoms with van der Waals surface area (Å²) in [6.45, 7) is 3.52. The number of aryl methyl sites for hydroxylation is 1. The first-order valence-electron chi connectivity index (χ1n) is 9.39. The van der Waals surface area contributed by atoms with Crippen LogP contribution < -0.4 is 10.6 Å². The number of anilines is 1. The second kappa shape index (κ2) is 7.01. The Bertz CT molecular complexity index is 935. The van der Waals surface area contributed by atoms with Crippen LogP contribution in [0.4, 0.5) is 9.93 Å². The fourth-order valence-corrected chi connectivity index (χ4v) is 4.21. The molecule has 7 nitrogen and oxygen atoms in total. The van der Waals surface area contributed by atoms with Crippen LogP contribution in [0.1, 0.15) is 32.3 Å². The largest absolute Gasteiger partial charge is 0.325 e. The Kier molecular flexibility index (Phi) is 4.66. The van der Waals surface area contributed by atoms with E-state index in [9.17, 15) is 14.4 Å². The maximum atomic E-state index is 12.6. The standard InChI is InChI=1S/C20H22N4O3S/c1-3-12-4-6-13(7-5-12)15-11-28-18(21-15)22-16(25)10-24-17(26)20(2,14-8-9-14)23-19(24)27/h4-7,11,14H,3,8-10H2,1-2H3,(H,23,27)(H,21,22,25). The molecule has 1 aliphatic carbocycles. The van der Waals surface area contributed by atoms with Crippen LogP contribution in [0.5, 0.6) is 0 Å². The molecule has 4 rings (SSSR count). The molecular formula is C20H22N4O3S. The zero-order valence-corrected chi connectivity index (χ0v) is 16.6. The lowest BCUT2D eigenvalue weighted by Crippen LogP contribution is -2.46. The van der Waals surface area contributed by atoms with Crippen LogP contribution >= 0.6 is 11.3 Å². The first-order chi connectivity index (χ1) is 13.4. The summed E-state index contributed by atoms with van der Waals surface area (Å²) in [5.41, 5.74) is 2.12. The molecule has 2 fully saturated rings. The van der Waals surface area contributed by atoms with Gasteiger partial charge in [0.05, 0.1) is 5.69 Å². The van der Waals surface area contributed by atoms with Gasteiger partial charge in [0.25, 0.3) is 5.91 Å². The predicted molar refractivity (Wildman–Crippen MR) is 107 cm³/mol. The van der Waals surface area contributed by atoms with E-state index >= 15 is 0 Å². The number of hydrogen-bond donors (Lipinski definition) is 2. The minimum absolute atomic E-state index is 0.164. The second-order valence-corrected chi connectivity index (χ2v) is 8.29. The SMILES string of the molecule is CCc1ccc(-c2csc(NC(=O)CN3C(=O)NC(C)(C4CC4)C3=O)n2)cc1. The molecule has 1 saturated heterocycles. The molecule has 28 heavy (non-hydrogen) atoms. The van der Waals surface area contributed by atoms with Gasteiger partial charge in [0.2, 0.25) is 5.91 Å². The van der Waals surface area contributed by atoms with Gasteiger partial charge in [-0.15, -0.1) is 11.3 Å². The number of rotatable bonds is 6. The zero-order valence-electron chi connectivity index (χ0n) is 15.8. The number of nitrogens with one attached hydrogen (secondary N) is 2. The summed E-state index contributed by atoms with van der Waals surface area (Å²) in [4.78, 5) is 42.6. The third kappa shape index (κ3) is 3.40. The quantitative estimate of drug-likeness (QED) is 0.732. The van der Waals surface area contributed by atoms with E-state index in [0.29, 0.717) is 5.13 Å². The molecule has 1 atom stereocenters. The highest BCUT2D eigenvalue weighted by Gasteiger charge is 2.56. The molecule has 146 valence electrons. The summed E-state index contributed by atoms with van der Waals surface area (Å²) in [5, 5.41) is 7.74. The molecule has 2 aromatic rings. The van der Waals surface area contributed by atoms with Gasteiger partial charge >= 0.3 is 6.03 Å². The van der Waals surface area contributed by atoms with E-state index in [0.717, 1.165) is 35.4 Å². The lowest BCUT2D eigenvalue weighted by atomic mass is 9.96. The molecule has 2 heterocycles. The molecule has 2 aliphatic rings. The predicted octanol–water partition coefficient (Wildman–Crippen LogP) is 3.03. The van der Waals surface area contributed by atoms with E-state index < -0.39 is 17.5 Å². The number of aromatic nitrogens is 1. The Hall–Kier alpha value is -2.74. The van der Waals surface area contributed by atoms with Gasteiger partial charge < -0.3 is 10.6 Å². The van der Waals surface area contributed by atoms with Gasteiger partial charge in [-0.25, -0.2) is 9.78 Å². The highest BCUT2D eigenvalue weighted by atomic mass is 32.1. The van der Waals surface area contributed by atoms with E-state index in [1.54, 1.807) is 6.92 Å². The molecular weight excluding hydrogens is 376 g/mol. The van der Waals surface area contributed by atoms with Gasteiger partial charge in [0.15, 0.2) is 5.13 Å². The molecule has 1 saturated carbocycles. The number of carbonyl (C=O) groups is 3. The molecule has 0 bridgehead atoms. The first kappa shape index (κ1) is 18.6. The van der Waals surface area contributed by atoms with Crippen LogP contribution in [0.15, 0.2) is 29.6 Å². The highest BCUT2D eigenvalue weighted by molar-refractivity contribution is 7.14.